The highest BCUT2D eigenvalue weighted by atomic mass is 32.2. The Hall–Kier alpha value is -3.31. The molecule has 1 heterocycles. The summed E-state index contributed by atoms with van der Waals surface area (Å²) in [6.07, 6.45) is 4.11. The maximum atomic E-state index is 12.2. The number of aromatic nitrogens is 1. The number of hydrogen-bond acceptors (Lipinski definition) is 4. The molecular weight excluding hydrogens is 368 g/mol. The predicted octanol–water partition coefficient (Wildman–Crippen LogP) is 5.73. The largest absolute Gasteiger partial charge is 0.431 e. The molecule has 28 heavy (non-hydrogen) atoms. The van der Waals surface area contributed by atoms with Crippen LogP contribution in [-0.2, 0) is 4.79 Å². The highest BCUT2D eigenvalue weighted by molar-refractivity contribution is 7.99. The molecule has 0 saturated heterocycles. The van der Waals surface area contributed by atoms with Crippen LogP contribution >= 0.6 is 11.8 Å². The smallest absolute Gasteiger partial charge is 0.257 e. The van der Waals surface area contributed by atoms with Crippen LogP contribution in [0.4, 0.5) is 5.69 Å². The van der Waals surface area contributed by atoms with E-state index in [1.54, 1.807) is 0 Å². The molecule has 5 heteroatoms. The summed E-state index contributed by atoms with van der Waals surface area (Å²) in [5, 5.41) is 3.39. The summed E-state index contributed by atoms with van der Waals surface area (Å²) in [7, 11) is 0. The van der Waals surface area contributed by atoms with Crippen LogP contribution < -0.4 is 5.32 Å². The molecule has 0 fully saturated rings. The Morgan fingerprint density at radius 3 is 2.32 bits per heavy atom. The van der Waals surface area contributed by atoms with Crippen molar-refractivity contribution >= 4 is 46.6 Å². The van der Waals surface area contributed by atoms with Crippen LogP contribution in [0.3, 0.4) is 0 Å². The van der Waals surface area contributed by atoms with Crippen molar-refractivity contribution in [3.8, 4) is 0 Å². The summed E-state index contributed by atoms with van der Waals surface area (Å²) >= 11 is 1.28. The van der Waals surface area contributed by atoms with Gasteiger partial charge in [0, 0.05) is 5.69 Å². The number of anilines is 1. The number of para-hydroxylation sites is 2. The van der Waals surface area contributed by atoms with Crippen LogP contribution in [0.2, 0.25) is 0 Å². The third kappa shape index (κ3) is 4.69. The zero-order chi connectivity index (χ0) is 19.2. The number of oxazole rings is 1. The van der Waals surface area contributed by atoms with E-state index < -0.39 is 0 Å². The molecule has 4 nitrogen and oxygen atoms in total. The van der Waals surface area contributed by atoms with Gasteiger partial charge in [-0.3, -0.25) is 4.79 Å². The molecule has 0 aliphatic rings. The first kappa shape index (κ1) is 18.1. The van der Waals surface area contributed by atoms with Gasteiger partial charge in [-0.2, -0.15) is 0 Å². The van der Waals surface area contributed by atoms with E-state index in [0.717, 1.165) is 27.9 Å². The Morgan fingerprint density at radius 2 is 1.57 bits per heavy atom. The van der Waals surface area contributed by atoms with Gasteiger partial charge in [-0.15, -0.1) is 0 Å². The normalized spacial score (nSPS) is 11.1. The minimum Gasteiger partial charge on any atom is -0.431 e. The molecule has 138 valence electrons. The second-order valence-electron chi connectivity index (χ2n) is 6.15. The molecular formula is C23H18N2O2S. The fourth-order valence-electron chi connectivity index (χ4n) is 2.67. The lowest BCUT2D eigenvalue weighted by atomic mass is 10.1. The first-order valence-corrected chi connectivity index (χ1v) is 9.86. The zero-order valence-corrected chi connectivity index (χ0v) is 15.9. The number of nitrogens with zero attached hydrogens (tertiary/aromatic N) is 1. The Morgan fingerprint density at radius 1 is 0.893 bits per heavy atom. The van der Waals surface area contributed by atoms with E-state index in [1.165, 1.54) is 11.8 Å². The molecule has 1 N–H and O–H groups in total. The number of fused-ring (bicyclic) bond motifs is 1. The zero-order valence-electron chi connectivity index (χ0n) is 15.0. The topological polar surface area (TPSA) is 55.1 Å². The number of carbonyl (C=O) groups excluding carboxylic acids is 1. The van der Waals surface area contributed by atoms with Crippen LogP contribution in [0.25, 0.3) is 23.3 Å². The van der Waals surface area contributed by atoms with E-state index >= 15 is 0 Å². The lowest BCUT2D eigenvalue weighted by molar-refractivity contribution is -0.113. The van der Waals surface area contributed by atoms with Gasteiger partial charge in [0.1, 0.15) is 5.52 Å². The van der Waals surface area contributed by atoms with Gasteiger partial charge in [0.15, 0.2) is 5.58 Å². The van der Waals surface area contributed by atoms with Gasteiger partial charge >= 0.3 is 0 Å². The van der Waals surface area contributed by atoms with Crippen molar-refractivity contribution in [1.29, 1.82) is 0 Å². The lowest BCUT2D eigenvalue weighted by Crippen LogP contribution is -2.13. The molecule has 0 bridgehead atoms. The quantitative estimate of drug-likeness (QED) is 0.340. The van der Waals surface area contributed by atoms with Crippen molar-refractivity contribution in [1.82, 2.24) is 4.98 Å². The number of hydrogen-bond donors (Lipinski definition) is 1. The molecule has 0 aliphatic heterocycles. The molecule has 1 amide bonds. The van der Waals surface area contributed by atoms with Gasteiger partial charge in [0.25, 0.3) is 5.22 Å². The Bertz CT molecular complexity index is 1070. The first-order chi connectivity index (χ1) is 13.8. The van der Waals surface area contributed by atoms with E-state index in [0.29, 0.717) is 5.22 Å². The summed E-state index contributed by atoms with van der Waals surface area (Å²) in [5.41, 5.74) is 4.51. The van der Waals surface area contributed by atoms with E-state index in [2.05, 4.69) is 28.5 Å². The number of thioether (sulfide) groups is 1. The van der Waals surface area contributed by atoms with Crippen molar-refractivity contribution in [2.75, 3.05) is 11.1 Å². The fourth-order valence-corrected chi connectivity index (χ4v) is 3.31. The SMILES string of the molecule is O=C(CSc1nc2ccccc2o1)Nc1ccc(/C=C/c2ccccc2)cc1. The van der Waals surface area contributed by atoms with Crippen LogP contribution in [0.1, 0.15) is 11.1 Å². The summed E-state index contributed by atoms with van der Waals surface area (Å²) in [6, 6.07) is 25.4. The van der Waals surface area contributed by atoms with Crippen LogP contribution in [0.15, 0.2) is 88.5 Å². The third-order valence-corrected chi connectivity index (χ3v) is 4.89. The van der Waals surface area contributed by atoms with E-state index in [1.807, 2.05) is 72.8 Å². The molecule has 0 unspecified atom stereocenters. The van der Waals surface area contributed by atoms with E-state index in [9.17, 15) is 4.79 Å². The van der Waals surface area contributed by atoms with Crippen molar-refractivity contribution in [2.45, 2.75) is 5.22 Å². The molecule has 4 aromatic rings. The maximum absolute atomic E-state index is 12.2. The van der Waals surface area contributed by atoms with Gasteiger partial charge in [-0.1, -0.05) is 78.5 Å². The number of carbonyl (C=O) groups is 1. The Labute approximate surface area is 167 Å². The average Bonchev–Trinajstić information content (AvgIpc) is 3.16. The Kier molecular flexibility index (Phi) is 5.54. The molecule has 4 rings (SSSR count). The van der Waals surface area contributed by atoms with Gasteiger partial charge in [-0.05, 0) is 35.4 Å². The monoisotopic (exact) mass is 386 g/mol. The number of rotatable bonds is 6. The van der Waals surface area contributed by atoms with Gasteiger partial charge < -0.3 is 9.73 Å². The molecule has 0 atom stereocenters. The number of amides is 1. The van der Waals surface area contributed by atoms with Crippen molar-refractivity contribution in [3.63, 3.8) is 0 Å². The van der Waals surface area contributed by atoms with Crippen LogP contribution in [0.5, 0.6) is 0 Å². The van der Waals surface area contributed by atoms with Gasteiger partial charge in [0.2, 0.25) is 5.91 Å². The van der Waals surface area contributed by atoms with Gasteiger partial charge in [0.05, 0.1) is 5.75 Å². The standard InChI is InChI=1S/C23H18N2O2S/c26-22(16-28-23-25-20-8-4-5-9-21(20)27-23)24-19-14-12-18(13-15-19)11-10-17-6-2-1-3-7-17/h1-15H,16H2,(H,24,26)/b11-10+. The number of nitrogens with one attached hydrogen (secondary N) is 1. The molecule has 0 radical (unpaired) electrons. The summed E-state index contributed by atoms with van der Waals surface area (Å²) < 4.78 is 5.61. The highest BCUT2D eigenvalue weighted by Crippen LogP contribution is 2.23. The van der Waals surface area contributed by atoms with Crippen molar-refractivity contribution in [2.24, 2.45) is 0 Å². The minimum absolute atomic E-state index is 0.0974. The van der Waals surface area contributed by atoms with Crippen molar-refractivity contribution in [3.05, 3.63) is 90.0 Å². The highest BCUT2D eigenvalue weighted by Gasteiger charge is 2.09. The summed E-state index contributed by atoms with van der Waals surface area (Å²) in [4.78, 5) is 16.5. The van der Waals surface area contributed by atoms with Crippen LogP contribution in [0, 0.1) is 0 Å². The first-order valence-electron chi connectivity index (χ1n) is 8.88. The number of benzene rings is 3. The Balaban J connectivity index is 1.31. The van der Waals surface area contributed by atoms with E-state index in [-0.39, 0.29) is 11.7 Å². The summed E-state index contributed by atoms with van der Waals surface area (Å²) in [5.74, 6) is 0.141. The molecule has 0 aliphatic carbocycles. The lowest BCUT2D eigenvalue weighted by Gasteiger charge is -2.04. The maximum Gasteiger partial charge on any atom is 0.257 e. The minimum atomic E-state index is -0.0974. The fraction of sp³-hybridized carbons (Fsp3) is 0.0435. The molecule has 1 aromatic heterocycles. The van der Waals surface area contributed by atoms with Gasteiger partial charge in [-0.25, -0.2) is 4.98 Å². The second-order valence-corrected chi connectivity index (χ2v) is 7.08. The molecule has 0 spiro atoms. The second kappa shape index (κ2) is 8.59. The predicted molar refractivity (Wildman–Crippen MR) is 115 cm³/mol. The average molecular weight is 386 g/mol. The third-order valence-electron chi connectivity index (χ3n) is 4.06. The molecule has 3 aromatic carbocycles. The van der Waals surface area contributed by atoms with Crippen molar-refractivity contribution < 1.29 is 9.21 Å². The van der Waals surface area contributed by atoms with E-state index in [4.69, 9.17) is 4.42 Å². The van der Waals surface area contributed by atoms with Crippen LogP contribution in [-0.4, -0.2) is 16.6 Å². The molecule has 0 saturated carbocycles. The summed E-state index contributed by atoms with van der Waals surface area (Å²) in [6.45, 7) is 0.